The standard InChI is InChI=1S/C14H13BrN2O3/c1-14(2,3)20-13(18)17-12-9-5-4-8(15)6-10(9)19-11(12)7-16/h4-6H,1-3H3,(H,17,18). The topological polar surface area (TPSA) is 75.3 Å². The lowest BCUT2D eigenvalue weighted by molar-refractivity contribution is 0.0636. The molecule has 104 valence electrons. The number of nitrogens with one attached hydrogen (secondary N) is 1. The highest BCUT2D eigenvalue weighted by molar-refractivity contribution is 9.10. The normalized spacial score (nSPS) is 11.2. The van der Waals surface area contributed by atoms with Crippen molar-refractivity contribution in [2.24, 2.45) is 0 Å². The Hall–Kier alpha value is -2.00. The predicted octanol–water partition coefficient (Wildman–Crippen LogP) is 4.41. The van der Waals surface area contributed by atoms with Crippen LogP contribution in [0.1, 0.15) is 26.5 Å². The fourth-order valence-electron chi connectivity index (χ4n) is 1.68. The lowest BCUT2D eigenvalue weighted by Gasteiger charge is -2.19. The number of carbonyl (C=O) groups is 1. The van der Waals surface area contributed by atoms with E-state index in [-0.39, 0.29) is 5.76 Å². The van der Waals surface area contributed by atoms with Crippen LogP contribution >= 0.6 is 15.9 Å². The van der Waals surface area contributed by atoms with E-state index >= 15 is 0 Å². The minimum absolute atomic E-state index is 0.0453. The van der Waals surface area contributed by atoms with Crippen LogP contribution in [0.15, 0.2) is 27.1 Å². The summed E-state index contributed by atoms with van der Waals surface area (Å²) < 4.78 is 11.4. The van der Waals surface area contributed by atoms with Gasteiger partial charge in [0.2, 0.25) is 5.76 Å². The van der Waals surface area contributed by atoms with Gasteiger partial charge < -0.3 is 9.15 Å². The molecule has 0 spiro atoms. The van der Waals surface area contributed by atoms with Crippen LogP contribution in [-0.2, 0) is 4.74 Å². The van der Waals surface area contributed by atoms with Crippen molar-refractivity contribution in [3.63, 3.8) is 0 Å². The van der Waals surface area contributed by atoms with Crippen LogP contribution in [0.3, 0.4) is 0 Å². The van der Waals surface area contributed by atoms with E-state index in [0.29, 0.717) is 16.7 Å². The van der Waals surface area contributed by atoms with Crippen LogP contribution in [0, 0.1) is 11.3 Å². The quantitative estimate of drug-likeness (QED) is 0.836. The van der Waals surface area contributed by atoms with Crippen molar-refractivity contribution in [2.45, 2.75) is 26.4 Å². The third-order valence-corrected chi connectivity index (χ3v) is 2.87. The number of rotatable bonds is 1. The largest absolute Gasteiger partial charge is 0.444 e. The molecule has 1 amide bonds. The summed E-state index contributed by atoms with van der Waals surface area (Å²) in [6, 6.07) is 7.22. The van der Waals surface area contributed by atoms with Gasteiger partial charge in [-0.25, -0.2) is 4.79 Å². The molecule has 0 aliphatic rings. The summed E-state index contributed by atoms with van der Waals surface area (Å²) in [5.74, 6) is 0.0453. The lowest BCUT2D eigenvalue weighted by atomic mass is 10.2. The number of hydrogen-bond donors (Lipinski definition) is 1. The Morgan fingerprint density at radius 3 is 2.75 bits per heavy atom. The number of benzene rings is 1. The summed E-state index contributed by atoms with van der Waals surface area (Å²) in [6.07, 6.45) is -0.625. The number of amides is 1. The molecule has 5 nitrogen and oxygen atoms in total. The second-order valence-electron chi connectivity index (χ2n) is 5.19. The second kappa shape index (κ2) is 5.17. The van der Waals surface area contributed by atoms with Crippen molar-refractivity contribution in [3.8, 4) is 6.07 Å². The van der Waals surface area contributed by atoms with Gasteiger partial charge in [-0.2, -0.15) is 5.26 Å². The molecule has 0 saturated carbocycles. The molecule has 0 aliphatic heterocycles. The summed E-state index contributed by atoms with van der Waals surface area (Å²) in [5, 5.41) is 12.3. The number of nitrogens with zero attached hydrogens (tertiary/aromatic N) is 1. The molecule has 1 N–H and O–H groups in total. The van der Waals surface area contributed by atoms with Crippen molar-refractivity contribution in [3.05, 3.63) is 28.4 Å². The van der Waals surface area contributed by atoms with E-state index in [2.05, 4.69) is 21.2 Å². The first kappa shape index (κ1) is 14.4. The average molecular weight is 337 g/mol. The summed E-state index contributed by atoms with van der Waals surface area (Å²) in [4.78, 5) is 11.8. The monoisotopic (exact) mass is 336 g/mol. The summed E-state index contributed by atoms with van der Waals surface area (Å²) in [5.41, 5.74) is 0.227. The highest BCUT2D eigenvalue weighted by Gasteiger charge is 2.21. The Morgan fingerprint density at radius 2 is 2.15 bits per heavy atom. The number of carbonyl (C=O) groups excluding carboxylic acids is 1. The number of anilines is 1. The number of furan rings is 1. The van der Waals surface area contributed by atoms with Gasteiger partial charge >= 0.3 is 6.09 Å². The predicted molar refractivity (Wildman–Crippen MR) is 78.5 cm³/mol. The van der Waals surface area contributed by atoms with Gasteiger partial charge in [0.05, 0.1) is 0 Å². The fraction of sp³-hybridized carbons (Fsp3) is 0.286. The van der Waals surface area contributed by atoms with E-state index in [1.54, 1.807) is 39.0 Å². The van der Waals surface area contributed by atoms with E-state index in [1.165, 1.54) is 0 Å². The Kier molecular flexibility index (Phi) is 3.73. The van der Waals surface area contributed by atoms with Gasteiger partial charge in [0.25, 0.3) is 0 Å². The molecule has 0 saturated heterocycles. The van der Waals surface area contributed by atoms with Gasteiger partial charge in [-0.3, -0.25) is 5.32 Å². The molecule has 1 aromatic heterocycles. The maximum Gasteiger partial charge on any atom is 0.412 e. The maximum absolute atomic E-state index is 11.8. The first-order valence-corrected chi connectivity index (χ1v) is 6.71. The van der Waals surface area contributed by atoms with E-state index in [4.69, 9.17) is 14.4 Å². The van der Waals surface area contributed by atoms with Crippen LogP contribution in [0.5, 0.6) is 0 Å². The Bertz CT molecular complexity index is 708. The van der Waals surface area contributed by atoms with Crippen LogP contribution in [0.25, 0.3) is 11.0 Å². The van der Waals surface area contributed by atoms with Gasteiger partial charge in [-0.15, -0.1) is 0 Å². The highest BCUT2D eigenvalue weighted by Crippen LogP contribution is 2.32. The van der Waals surface area contributed by atoms with Crippen LogP contribution in [0.4, 0.5) is 10.5 Å². The number of halogens is 1. The zero-order chi connectivity index (χ0) is 14.9. The Balaban J connectivity index is 2.38. The third-order valence-electron chi connectivity index (χ3n) is 2.38. The Morgan fingerprint density at radius 1 is 1.45 bits per heavy atom. The summed E-state index contributed by atoms with van der Waals surface area (Å²) >= 11 is 3.32. The van der Waals surface area contributed by atoms with Crippen molar-refractivity contribution in [2.75, 3.05) is 5.32 Å². The third kappa shape index (κ3) is 3.11. The molecule has 0 unspecified atom stereocenters. The smallest absolute Gasteiger partial charge is 0.412 e. The summed E-state index contributed by atoms with van der Waals surface area (Å²) in [6.45, 7) is 5.30. The molecule has 0 fully saturated rings. The number of fused-ring (bicyclic) bond motifs is 1. The Labute approximate surface area is 124 Å². The molecule has 0 radical (unpaired) electrons. The van der Waals surface area contributed by atoms with Gasteiger partial charge in [-0.05, 0) is 39.0 Å². The van der Waals surface area contributed by atoms with Gasteiger partial charge in [0.15, 0.2) is 0 Å². The summed E-state index contributed by atoms with van der Waals surface area (Å²) in [7, 11) is 0. The van der Waals surface area contributed by atoms with Crippen molar-refractivity contribution < 1.29 is 13.9 Å². The average Bonchev–Trinajstić information content (AvgIpc) is 2.64. The van der Waals surface area contributed by atoms with Crippen LogP contribution < -0.4 is 5.32 Å². The number of hydrogen-bond acceptors (Lipinski definition) is 4. The first-order valence-electron chi connectivity index (χ1n) is 5.92. The first-order chi connectivity index (χ1) is 9.30. The maximum atomic E-state index is 11.8. The zero-order valence-electron chi connectivity index (χ0n) is 11.3. The lowest BCUT2D eigenvalue weighted by Crippen LogP contribution is -2.27. The second-order valence-corrected chi connectivity index (χ2v) is 6.10. The van der Waals surface area contributed by atoms with Crippen LogP contribution in [-0.4, -0.2) is 11.7 Å². The molecule has 0 aliphatic carbocycles. The molecule has 0 atom stereocenters. The molecule has 0 bridgehead atoms. The highest BCUT2D eigenvalue weighted by atomic mass is 79.9. The molecular formula is C14H13BrN2O3. The number of nitriles is 1. The molecule has 1 heterocycles. The van der Waals surface area contributed by atoms with E-state index in [0.717, 1.165) is 4.47 Å². The van der Waals surface area contributed by atoms with Gasteiger partial charge in [0, 0.05) is 9.86 Å². The minimum atomic E-state index is -0.625. The van der Waals surface area contributed by atoms with Crippen molar-refractivity contribution in [1.29, 1.82) is 5.26 Å². The molecule has 2 rings (SSSR count). The zero-order valence-corrected chi connectivity index (χ0v) is 12.9. The fourth-order valence-corrected chi connectivity index (χ4v) is 2.02. The van der Waals surface area contributed by atoms with Gasteiger partial charge in [0.1, 0.15) is 22.9 Å². The van der Waals surface area contributed by atoms with Crippen LogP contribution in [0.2, 0.25) is 0 Å². The van der Waals surface area contributed by atoms with Gasteiger partial charge in [-0.1, -0.05) is 15.9 Å². The van der Waals surface area contributed by atoms with E-state index < -0.39 is 11.7 Å². The molecule has 2 aromatic rings. The SMILES string of the molecule is CC(C)(C)OC(=O)Nc1c(C#N)oc2cc(Br)ccc12. The van der Waals surface area contributed by atoms with E-state index in [1.807, 2.05) is 6.07 Å². The van der Waals surface area contributed by atoms with E-state index in [9.17, 15) is 4.79 Å². The van der Waals surface area contributed by atoms with Crippen molar-refractivity contribution >= 4 is 38.7 Å². The number of ether oxygens (including phenoxy) is 1. The molecule has 20 heavy (non-hydrogen) atoms. The molecular weight excluding hydrogens is 324 g/mol. The molecule has 1 aromatic carbocycles. The van der Waals surface area contributed by atoms with Crippen molar-refractivity contribution in [1.82, 2.24) is 0 Å². The minimum Gasteiger partial charge on any atom is -0.444 e. The molecule has 6 heteroatoms.